The number of benzene rings is 1. The van der Waals surface area contributed by atoms with E-state index >= 15 is 0 Å². The fourth-order valence-electron chi connectivity index (χ4n) is 2.60. The minimum atomic E-state index is -0.819. The van der Waals surface area contributed by atoms with Crippen LogP contribution in [0.5, 0.6) is 5.75 Å². The second-order valence-electron chi connectivity index (χ2n) is 5.91. The number of aliphatic carboxylic acids is 1. The maximum absolute atomic E-state index is 12.1. The molecule has 25 heavy (non-hydrogen) atoms. The van der Waals surface area contributed by atoms with Crippen LogP contribution in [0.2, 0.25) is 0 Å². The van der Waals surface area contributed by atoms with Crippen molar-refractivity contribution in [2.45, 2.75) is 39.0 Å². The summed E-state index contributed by atoms with van der Waals surface area (Å²) in [6.07, 6.45) is 2.16. The number of nitrogens with one attached hydrogen (secondary N) is 1. The zero-order chi connectivity index (χ0) is 18.4. The van der Waals surface area contributed by atoms with E-state index in [9.17, 15) is 19.5 Å². The maximum Gasteiger partial charge on any atom is 0.336 e. The van der Waals surface area contributed by atoms with Crippen molar-refractivity contribution >= 4 is 22.8 Å². The number of carboxylic acid groups (broad SMARTS) is 1. The topological polar surface area (TPSA) is 117 Å². The van der Waals surface area contributed by atoms with Crippen LogP contribution < -0.4 is 10.9 Å². The number of phenols is 1. The van der Waals surface area contributed by atoms with E-state index in [1.165, 1.54) is 12.1 Å². The van der Waals surface area contributed by atoms with E-state index in [4.69, 9.17) is 9.52 Å². The molecule has 0 atom stereocenters. The van der Waals surface area contributed by atoms with Crippen molar-refractivity contribution < 1.29 is 24.2 Å². The number of aromatic hydroxyl groups is 1. The highest BCUT2D eigenvalue weighted by Gasteiger charge is 2.13. The molecule has 0 unspecified atom stereocenters. The predicted molar refractivity (Wildman–Crippen MR) is 91.7 cm³/mol. The first kappa shape index (κ1) is 18.5. The van der Waals surface area contributed by atoms with E-state index in [1.807, 2.05) is 0 Å². The fraction of sp³-hybridized carbons (Fsp3) is 0.389. The summed E-state index contributed by atoms with van der Waals surface area (Å²) >= 11 is 0. The average molecular weight is 347 g/mol. The third-order valence-electron chi connectivity index (χ3n) is 3.96. The Morgan fingerprint density at radius 1 is 1.20 bits per heavy atom. The van der Waals surface area contributed by atoms with E-state index in [1.54, 1.807) is 13.0 Å². The van der Waals surface area contributed by atoms with E-state index < -0.39 is 11.6 Å². The van der Waals surface area contributed by atoms with E-state index in [0.29, 0.717) is 35.9 Å². The summed E-state index contributed by atoms with van der Waals surface area (Å²) in [7, 11) is 0. The molecule has 0 aliphatic rings. The van der Waals surface area contributed by atoms with Gasteiger partial charge in [-0.2, -0.15) is 0 Å². The van der Waals surface area contributed by atoms with Gasteiger partial charge in [-0.1, -0.05) is 6.42 Å². The molecule has 7 heteroatoms. The molecule has 1 aromatic heterocycles. The fourth-order valence-corrected chi connectivity index (χ4v) is 2.60. The molecule has 3 N–H and O–H groups in total. The van der Waals surface area contributed by atoms with Crippen molar-refractivity contribution in [2.24, 2.45) is 0 Å². The molecule has 0 saturated carbocycles. The van der Waals surface area contributed by atoms with Gasteiger partial charge in [-0.15, -0.1) is 0 Å². The summed E-state index contributed by atoms with van der Waals surface area (Å²) in [6, 6.07) is 4.40. The number of hydrogen-bond donors (Lipinski definition) is 3. The minimum absolute atomic E-state index is 0.0265. The van der Waals surface area contributed by atoms with Gasteiger partial charge in [-0.25, -0.2) is 4.79 Å². The van der Waals surface area contributed by atoms with Crippen molar-refractivity contribution in [3.05, 3.63) is 39.7 Å². The van der Waals surface area contributed by atoms with Gasteiger partial charge in [-0.05, 0) is 37.5 Å². The number of phenolic OH excluding ortho intramolecular Hbond substituents is 1. The summed E-state index contributed by atoms with van der Waals surface area (Å²) in [4.78, 5) is 34.2. The molecule has 0 spiro atoms. The lowest BCUT2D eigenvalue weighted by atomic mass is 10.0. The number of carbonyl (C=O) groups is 2. The summed E-state index contributed by atoms with van der Waals surface area (Å²) in [5.74, 6) is -1.02. The molecule has 2 aromatic rings. The first-order valence-electron chi connectivity index (χ1n) is 8.12. The molecule has 1 aromatic carbocycles. The van der Waals surface area contributed by atoms with Gasteiger partial charge in [0.1, 0.15) is 11.3 Å². The van der Waals surface area contributed by atoms with Crippen LogP contribution in [0.4, 0.5) is 0 Å². The Balaban J connectivity index is 1.98. The molecule has 0 aliphatic carbocycles. The number of carbonyl (C=O) groups excluding carboxylic acids is 1. The smallest absolute Gasteiger partial charge is 0.336 e. The third kappa shape index (κ3) is 5.07. The summed E-state index contributed by atoms with van der Waals surface area (Å²) in [5, 5.41) is 21.7. The highest BCUT2D eigenvalue weighted by Crippen LogP contribution is 2.27. The Hall–Kier alpha value is -2.83. The number of hydrogen-bond acceptors (Lipinski definition) is 5. The number of carboxylic acids is 1. The molecular weight excluding hydrogens is 326 g/mol. The third-order valence-corrected chi connectivity index (χ3v) is 3.96. The van der Waals surface area contributed by atoms with Gasteiger partial charge < -0.3 is 19.9 Å². The molecule has 0 bridgehead atoms. The molecule has 0 radical (unpaired) electrons. The first-order chi connectivity index (χ1) is 11.9. The Morgan fingerprint density at radius 2 is 1.96 bits per heavy atom. The van der Waals surface area contributed by atoms with E-state index in [-0.39, 0.29) is 30.1 Å². The number of aryl methyl sites for hydroxylation is 1. The Bertz CT molecular complexity index is 839. The van der Waals surface area contributed by atoms with Crippen molar-refractivity contribution in [3.8, 4) is 5.75 Å². The van der Waals surface area contributed by atoms with Crippen LogP contribution >= 0.6 is 0 Å². The highest BCUT2D eigenvalue weighted by molar-refractivity contribution is 5.89. The Kier molecular flexibility index (Phi) is 6.16. The molecule has 0 fully saturated rings. The van der Waals surface area contributed by atoms with Crippen LogP contribution in [0.1, 0.15) is 36.8 Å². The predicted octanol–water partition coefficient (Wildman–Crippen LogP) is 2.11. The lowest BCUT2D eigenvalue weighted by Gasteiger charge is -2.09. The summed E-state index contributed by atoms with van der Waals surface area (Å²) in [6.45, 7) is 2.10. The number of unbranched alkanes of at least 4 members (excludes halogenated alkanes) is 2. The van der Waals surface area contributed by atoms with E-state index in [0.717, 1.165) is 6.42 Å². The summed E-state index contributed by atoms with van der Waals surface area (Å²) < 4.78 is 5.15. The highest BCUT2D eigenvalue weighted by atomic mass is 16.4. The lowest BCUT2D eigenvalue weighted by Crippen LogP contribution is -2.26. The quantitative estimate of drug-likeness (QED) is 0.497. The maximum atomic E-state index is 12.1. The van der Waals surface area contributed by atoms with Crippen molar-refractivity contribution in [3.63, 3.8) is 0 Å². The van der Waals surface area contributed by atoms with Crippen LogP contribution in [0.3, 0.4) is 0 Å². The normalized spacial score (nSPS) is 10.8. The monoisotopic (exact) mass is 347 g/mol. The van der Waals surface area contributed by atoms with Crippen molar-refractivity contribution in [2.75, 3.05) is 6.54 Å². The zero-order valence-electron chi connectivity index (χ0n) is 14.0. The molecule has 0 saturated heterocycles. The van der Waals surface area contributed by atoms with Gasteiger partial charge in [0.15, 0.2) is 0 Å². The molecule has 134 valence electrons. The van der Waals surface area contributed by atoms with E-state index in [2.05, 4.69) is 5.32 Å². The minimum Gasteiger partial charge on any atom is -0.508 e. The van der Waals surface area contributed by atoms with Gasteiger partial charge in [-0.3, -0.25) is 9.59 Å². The molecule has 1 heterocycles. The van der Waals surface area contributed by atoms with Crippen LogP contribution in [0.15, 0.2) is 27.4 Å². The second-order valence-corrected chi connectivity index (χ2v) is 5.91. The first-order valence-corrected chi connectivity index (χ1v) is 8.12. The average Bonchev–Trinajstić information content (AvgIpc) is 2.54. The molecular formula is C18H21NO6. The summed E-state index contributed by atoms with van der Waals surface area (Å²) in [5.41, 5.74) is 0.703. The van der Waals surface area contributed by atoms with Crippen molar-refractivity contribution in [1.29, 1.82) is 0 Å². The second kappa shape index (κ2) is 8.32. The van der Waals surface area contributed by atoms with Gasteiger partial charge in [0.2, 0.25) is 5.91 Å². The number of amides is 1. The molecule has 1 amide bonds. The standard InChI is InChI=1S/C18H21NO6/c1-11-14(20)7-6-13-12(10-17(24)25-18(11)13)9-15(21)19-8-4-2-3-5-16(22)23/h6-7,10,20H,2-5,8-9H2,1H3,(H,19,21)(H,22,23). The van der Waals surface area contributed by atoms with Gasteiger partial charge in [0, 0.05) is 30.0 Å². The van der Waals surface area contributed by atoms with Gasteiger partial charge in [0.25, 0.3) is 0 Å². The Morgan fingerprint density at radius 3 is 2.68 bits per heavy atom. The zero-order valence-corrected chi connectivity index (χ0v) is 14.0. The van der Waals surface area contributed by atoms with Crippen LogP contribution in [-0.4, -0.2) is 28.6 Å². The number of rotatable bonds is 8. The SMILES string of the molecule is Cc1c(O)ccc2c(CC(=O)NCCCCCC(=O)O)cc(=O)oc12. The van der Waals surface area contributed by atoms with Gasteiger partial charge >= 0.3 is 11.6 Å². The largest absolute Gasteiger partial charge is 0.508 e. The lowest BCUT2D eigenvalue weighted by molar-refractivity contribution is -0.137. The number of fused-ring (bicyclic) bond motifs is 1. The Labute approximate surface area is 144 Å². The van der Waals surface area contributed by atoms with Crippen LogP contribution in [-0.2, 0) is 16.0 Å². The molecule has 2 rings (SSSR count). The van der Waals surface area contributed by atoms with Gasteiger partial charge in [0.05, 0.1) is 6.42 Å². The molecule has 7 nitrogen and oxygen atoms in total. The van der Waals surface area contributed by atoms with Crippen LogP contribution in [0, 0.1) is 6.92 Å². The van der Waals surface area contributed by atoms with Crippen molar-refractivity contribution in [1.82, 2.24) is 5.32 Å². The van der Waals surface area contributed by atoms with Crippen LogP contribution in [0.25, 0.3) is 11.0 Å². The molecule has 0 aliphatic heterocycles.